The Morgan fingerprint density at radius 2 is 0.667 bits per heavy atom. The smallest absolute Gasteiger partial charge is 0.256 e. The summed E-state index contributed by atoms with van der Waals surface area (Å²) < 4.78 is 0. The second kappa shape index (κ2) is 16.1. The zero-order valence-corrected chi connectivity index (χ0v) is 32.1. The predicted molar refractivity (Wildman–Crippen MR) is 226 cm³/mol. The monoisotopic (exact) mass is 752 g/mol. The number of carbonyl (C=O) groups is 4. The van der Waals surface area contributed by atoms with Crippen molar-refractivity contribution in [2.24, 2.45) is 0 Å². The number of amides is 4. The average molecular weight is 753 g/mol. The second-order valence-corrected chi connectivity index (χ2v) is 15.2. The van der Waals surface area contributed by atoms with Crippen molar-refractivity contribution in [1.29, 1.82) is 0 Å². The molecule has 2 aliphatic heterocycles. The zero-order chi connectivity index (χ0) is 39.5. The van der Waals surface area contributed by atoms with Gasteiger partial charge >= 0.3 is 0 Å². The van der Waals surface area contributed by atoms with E-state index in [1.54, 1.807) is 0 Å². The number of hydrogen-bond donors (Lipinski definition) is 2. The second-order valence-electron chi connectivity index (χ2n) is 15.2. The largest absolute Gasteiger partial charge is 0.373 e. The molecular formula is C49H44N4O4. The molecule has 0 bridgehead atoms. The molecule has 2 atom stereocenters. The minimum atomic E-state index is -0.639. The Balaban J connectivity index is 0.822. The number of nitrogens with zero attached hydrogens (tertiary/aromatic N) is 2. The van der Waals surface area contributed by atoms with Gasteiger partial charge in [-0.2, -0.15) is 0 Å². The summed E-state index contributed by atoms with van der Waals surface area (Å²) in [6, 6.07) is 46.6. The van der Waals surface area contributed by atoms with E-state index in [1.165, 1.54) is 32.1 Å². The van der Waals surface area contributed by atoms with Crippen molar-refractivity contribution in [1.82, 2.24) is 0 Å². The minimum Gasteiger partial charge on any atom is -0.373 e. The molecule has 2 heterocycles. The molecule has 0 aliphatic carbocycles. The molecule has 4 amide bonds. The van der Waals surface area contributed by atoms with Gasteiger partial charge in [-0.25, -0.2) is 9.80 Å². The zero-order valence-electron chi connectivity index (χ0n) is 32.1. The van der Waals surface area contributed by atoms with Crippen molar-refractivity contribution in [2.45, 2.75) is 58.0 Å². The van der Waals surface area contributed by atoms with Crippen molar-refractivity contribution in [3.63, 3.8) is 0 Å². The lowest BCUT2D eigenvalue weighted by Crippen LogP contribution is -2.34. The molecule has 2 fully saturated rings. The van der Waals surface area contributed by atoms with Crippen LogP contribution in [-0.2, 0) is 38.4 Å². The standard InChI is InChI=1S/C49H44N4O4/c1-32-3-7-34(8-4-32)27-38-15-23-42(24-16-38)52-46(54)30-44(48(52)56)50-40-19-11-36(12-20-40)29-37-13-21-41(22-14-37)51-45-31-47(55)53(49(45)57)43-25-17-39(18-26-43)28-35-9-5-33(2)6-10-35/h3-26,44-45,50-51H,27-31H2,1-2H3. The molecule has 8 rings (SSSR count). The lowest BCUT2D eigenvalue weighted by Gasteiger charge is -2.17. The molecule has 0 aromatic heterocycles. The van der Waals surface area contributed by atoms with Gasteiger partial charge in [0.1, 0.15) is 12.1 Å². The molecular weight excluding hydrogens is 709 g/mol. The molecule has 6 aromatic carbocycles. The van der Waals surface area contributed by atoms with Gasteiger partial charge in [-0.1, -0.05) is 108 Å². The summed E-state index contributed by atoms with van der Waals surface area (Å²) in [5, 5.41) is 6.52. The summed E-state index contributed by atoms with van der Waals surface area (Å²) in [6.45, 7) is 4.13. The van der Waals surface area contributed by atoms with E-state index in [4.69, 9.17) is 0 Å². The van der Waals surface area contributed by atoms with E-state index in [9.17, 15) is 19.2 Å². The quantitative estimate of drug-likeness (QED) is 0.122. The van der Waals surface area contributed by atoms with Crippen molar-refractivity contribution >= 4 is 46.4 Å². The molecule has 0 saturated carbocycles. The third kappa shape index (κ3) is 8.55. The SMILES string of the molecule is Cc1ccc(Cc2ccc(N3C(=O)CC(Nc4ccc(Cc5ccc(NC6CC(=O)N(c7ccc(Cc8ccc(C)cc8)cc7)C6=O)cc5)cc4)C3=O)cc2)cc1. The molecule has 8 nitrogen and oxygen atoms in total. The molecule has 2 saturated heterocycles. The van der Waals surface area contributed by atoms with Gasteiger partial charge in [-0.3, -0.25) is 19.2 Å². The normalized spacial score (nSPS) is 16.7. The summed E-state index contributed by atoms with van der Waals surface area (Å²) in [6.07, 6.45) is 2.43. The van der Waals surface area contributed by atoms with Crippen LogP contribution in [0.3, 0.4) is 0 Å². The van der Waals surface area contributed by atoms with E-state index >= 15 is 0 Å². The molecule has 2 aliphatic rings. The summed E-state index contributed by atoms with van der Waals surface area (Å²) in [5.74, 6) is -0.967. The molecule has 57 heavy (non-hydrogen) atoms. The number of rotatable bonds is 12. The Hall–Kier alpha value is -6.80. The third-order valence-corrected chi connectivity index (χ3v) is 10.7. The van der Waals surface area contributed by atoms with Gasteiger partial charge in [0.2, 0.25) is 11.8 Å². The third-order valence-electron chi connectivity index (χ3n) is 10.7. The summed E-state index contributed by atoms with van der Waals surface area (Å²) in [7, 11) is 0. The number of hydrogen-bond acceptors (Lipinski definition) is 6. The van der Waals surface area contributed by atoms with E-state index in [0.29, 0.717) is 17.8 Å². The van der Waals surface area contributed by atoms with E-state index in [2.05, 4.69) is 73.0 Å². The molecule has 6 aromatic rings. The Morgan fingerprint density at radius 3 is 0.965 bits per heavy atom. The first-order valence-electron chi connectivity index (χ1n) is 19.4. The van der Waals surface area contributed by atoms with Crippen molar-refractivity contribution in [3.8, 4) is 0 Å². The maximum Gasteiger partial charge on any atom is 0.256 e. The Labute approximate surface area is 333 Å². The van der Waals surface area contributed by atoms with Crippen LogP contribution in [0.5, 0.6) is 0 Å². The van der Waals surface area contributed by atoms with Gasteiger partial charge in [0.05, 0.1) is 24.2 Å². The van der Waals surface area contributed by atoms with Gasteiger partial charge in [-0.15, -0.1) is 0 Å². The molecule has 8 heteroatoms. The molecule has 0 radical (unpaired) electrons. The van der Waals surface area contributed by atoms with Crippen molar-refractivity contribution in [3.05, 3.63) is 190 Å². The number of anilines is 4. The van der Waals surface area contributed by atoms with Gasteiger partial charge in [0.25, 0.3) is 11.8 Å². The Morgan fingerprint density at radius 1 is 0.404 bits per heavy atom. The number of benzene rings is 6. The summed E-state index contributed by atoms with van der Waals surface area (Å²) >= 11 is 0. The molecule has 0 spiro atoms. The van der Waals surface area contributed by atoms with Gasteiger partial charge in [0.15, 0.2) is 0 Å². The number of carbonyl (C=O) groups excluding carboxylic acids is 4. The van der Waals surface area contributed by atoms with Gasteiger partial charge < -0.3 is 10.6 Å². The molecule has 2 N–H and O–H groups in total. The first kappa shape index (κ1) is 37.1. The van der Waals surface area contributed by atoms with Crippen LogP contribution in [0.25, 0.3) is 0 Å². The fraction of sp³-hybridized carbons (Fsp3) is 0.184. The highest BCUT2D eigenvalue weighted by Gasteiger charge is 2.40. The molecule has 2 unspecified atom stereocenters. The lowest BCUT2D eigenvalue weighted by molar-refractivity contribution is -0.123. The maximum absolute atomic E-state index is 13.4. The fourth-order valence-corrected chi connectivity index (χ4v) is 7.52. The lowest BCUT2D eigenvalue weighted by atomic mass is 10.0. The van der Waals surface area contributed by atoms with Crippen LogP contribution in [0.1, 0.15) is 57.3 Å². The van der Waals surface area contributed by atoms with Crippen LogP contribution in [0.4, 0.5) is 22.7 Å². The highest BCUT2D eigenvalue weighted by Crippen LogP contribution is 2.28. The first-order valence-corrected chi connectivity index (χ1v) is 19.4. The topological polar surface area (TPSA) is 98.8 Å². The molecule has 284 valence electrons. The van der Waals surface area contributed by atoms with Gasteiger partial charge in [0, 0.05) is 11.4 Å². The van der Waals surface area contributed by atoms with E-state index in [0.717, 1.165) is 46.5 Å². The summed E-state index contributed by atoms with van der Waals surface area (Å²) in [4.78, 5) is 55.2. The maximum atomic E-state index is 13.4. The number of nitrogens with one attached hydrogen (secondary N) is 2. The van der Waals surface area contributed by atoms with E-state index in [1.807, 2.05) is 97.1 Å². The Kier molecular flexibility index (Phi) is 10.5. The van der Waals surface area contributed by atoms with Crippen LogP contribution in [0, 0.1) is 13.8 Å². The van der Waals surface area contributed by atoms with Gasteiger partial charge in [-0.05, 0) is 115 Å². The van der Waals surface area contributed by atoms with Crippen LogP contribution in [-0.4, -0.2) is 35.7 Å². The van der Waals surface area contributed by atoms with E-state index in [-0.39, 0.29) is 36.5 Å². The predicted octanol–water partition coefficient (Wildman–Crippen LogP) is 8.56. The highest BCUT2D eigenvalue weighted by molar-refractivity contribution is 6.24. The van der Waals surface area contributed by atoms with Crippen LogP contribution in [0.2, 0.25) is 0 Å². The minimum absolute atomic E-state index is 0.0901. The fourth-order valence-electron chi connectivity index (χ4n) is 7.52. The van der Waals surface area contributed by atoms with Crippen molar-refractivity contribution < 1.29 is 19.2 Å². The van der Waals surface area contributed by atoms with Crippen molar-refractivity contribution in [2.75, 3.05) is 20.4 Å². The van der Waals surface area contributed by atoms with E-state index < -0.39 is 12.1 Å². The Bertz CT molecular complexity index is 2230. The summed E-state index contributed by atoms with van der Waals surface area (Å²) in [5.41, 5.74) is 11.9. The van der Waals surface area contributed by atoms with Crippen LogP contribution >= 0.6 is 0 Å². The average Bonchev–Trinajstić information content (AvgIpc) is 3.66. The highest BCUT2D eigenvalue weighted by atomic mass is 16.2. The van der Waals surface area contributed by atoms with Crippen LogP contribution < -0.4 is 20.4 Å². The number of aryl methyl sites for hydroxylation is 2. The first-order chi connectivity index (χ1) is 27.6. The number of imide groups is 2. The van der Waals surface area contributed by atoms with Crippen LogP contribution in [0.15, 0.2) is 146 Å².